The lowest BCUT2D eigenvalue weighted by molar-refractivity contribution is -0.128. The van der Waals surface area contributed by atoms with Crippen molar-refractivity contribution in [2.45, 2.75) is 49.2 Å². The maximum absolute atomic E-state index is 16.3. The molecule has 0 bridgehead atoms. The number of benzene rings is 3. The summed E-state index contributed by atoms with van der Waals surface area (Å²) >= 11 is 12.9. The molecule has 0 radical (unpaired) electrons. The number of ether oxygens (including phenoxy) is 2. The number of aromatic nitrogens is 2. The summed E-state index contributed by atoms with van der Waals surface area (Å²) in [7, 11) is 1.61. The highest BCUT2D eigenvalue weighted by molar-refractivity contribution is 6.31. The number of methoxy groups -OCH3 is 1. The van der Waals surface area contributed by atoms with Crippen molar-refractivity contribution in [2.24, 2.45) is 5.92 Å². The van der Waals surface area contributed by atoms with E-state index in [4.69, 9.17) is 37.8 Å². The molecule has 3 aromatic carbocycles. The van der Waals surface area contributed by atoms with Crippen LogP contribution in [-0.4, -0.2) is 72.6 Å². The maximum atomic E-state index is 16.3. The highest BCUT2D eigenvalue weighted by Crippen LogP contribution is 2.64. The van der Waals surface area contributed by atoms with E-state index < -0.39 is 17.3 Å². The van der Waals surface area contributed by atoms with Crippen LogP contribution in [0.2, 0.25) is 10.0 Å². The van der Waals surface area contributed by atoms with Crippen LogP contribution in [-0.2, 0) is 26.2 Å². The Morgan fingerprint density at radius 2 is 1.98 bits per heavy atom. The molecule has 8 rings (SSSR count). The minimum absolute atomic E-state index is 0.00924. The molecule has 1 saturated carbocycles. The van der Waals surface area contributed by atoms with Gasteiger partial charge in [0.1, 0.15) is 11.4 Å². The van der Waals surface area contributed by atoms with E-state index in [1.165, 1.54) is 6.07 Å². The van der Waals surface area contributed by atoms with Crippen molar-refractivity contribution in [2.75, 3.05) is 45.3 Å². The summed E-state index contributed by atoms with van der Waals surface area (Å²) in [5.74, 6) is -1.16. The molecule has 2 amide bonds. The molecule has 3 aliphatic heterocycles. The van der Waals surface area contributed by atoms with Gasteiger partial charge in [-0.05, 0) is 54.7 Å². The SMILES string of the molecule is COCCOCCNC(=O)c1ccc2c3n(nc2c1)[C@@H]1[C@H](C3)N(CC2CCC2)[C@@]2(C(=O)Nc3cc(Cl)ccc32)[C@H]1c1cccc(Cl)c1F. The molecule has 2 fully saturated rings. The molecular weight excluding hydrogens is 656 g/mol. The van der Waals surface area contributed by atoms with Gasteiger partial charge in [0.15, 0.2) is 0 Å². The second kappa shape index (κ2) is 12.4. The molecule has 4 heterocycles. The summed E-state index contributed by atoms with van der Waals surface area (Å²) in [6, 6.07) is 15.6. The third-order valence-corrected chi connectivity index (χ3v) is 11.3. The van der Waals surface area contributed by atoms with E-state index in [0.717, 1.165) is 35.9 Å². The Labute approximate surface area is 287 Å². The van der Waals surface area contributed by atoms with Crippen LogP contribution in [0.3, 0.4) is 0 Å². The van der Waals surface area contributed by atoms with Crippen LogP contribution in [0.5, 0.6) is 0 Å². The maximum Gasteiger partial charge on any atom is 0.251 e. The van der Waals surface area contributed by atoms with Crippen molar-refractivity contribution in [1.82, 2.24) is 20.0 Å². The number of fused-ring (bicyclic) bond motifs is 7. The summed E-state index contributed by atoms with van der Waals surface area (Å²) in [5.41, 5.74) is 2.78. The first-order valence-corrected chi connectivity index (χ1v) is 17.3. The van der Waals surface area contributed by atoms with Crippen LogP contribution >= 0.6 is 23.2 Å². The molecule has 4 aromatic rings. The first-order chi connectivity index (χ1) is 23.3. The Morgan fingerprint density at radius 3 is 2.77 bits per heavy atom. The van der Waals surface area contributed by atoms with Gasteiger partial charge in [-0.1, -0.05) is 53.9 Å². The van der Waals surface area contributed by atoms with Gasteiger partial charge in [-0.15, -0.1) is 0 Å². The normalized spacial score (nSPS) is 24.5. The average molecular weight is 693 g/mol. The zero-order valence-electron chi connectivity index (χ0n) is 26.5. The predicted molar refractivity (Wildman–Crippen MR) is 181 cm³/mol. The first kappa shape index (κ1) is 31.7. The van der Waals surface area contributed by atoms with E-state index in [-0.39, 0.29) is 28.9 Å². The zero-order valence-corrected chi connectivity index (χ0v) is 28.0. The fraction of sp³-hybridized carbons (Fsp3) is 0.417. The molecule has 12 heteroatoms. The number of amides is 2. The van der Waals surface area contributed by atoms with Gasteiger partial charge in [0.2, 0.25) is 5.91 Å². The lowest BCUT2D eigenvalue weighted by atomic mass is 9.73. The number of carbonyl (C=O) groups is 2. The fourth-order valence-corrected chi connectivity index (χ4v) is 8.80. The van der Waals surface area contributed by atoms with Gasteiger partial charge in [-0.2, -0.15) is 5.10 Å². The van der Waals surface area contributed by atoms with Gasteiger partial charge in [0, 0.05) is 71.5 Å². The highest BCUT2D eigenvalue weighted by atomic mass is 35.5. The lowest BCUT2D eigenvalue weighted by Crippen LogP contribution is -2.54. The van der Waals surface area contributed by atoms with Crippen molar-refractivity contribution in [3.05, 3.63) is 92.8 Å². The van der Waals surface area contributed by atoms with Crippen molar-refractivity contribution >= 4 is 51.6 Å². The number of carbonyl (C=O) groups excluding carboxylic acids is 2. The number of nitrogens with one attached hydrogen (secondary N) is 2. The second-order valence-electron chi connectivity index (χ2n) is 13.2. The molecule has 1 spiro atoms. The smallest absolute Gasteiger partial charge is 0.251 e. The number of rotatable bonds is 10. The lowest BCUT2D eigenvalue weighted by Gasteiger charge is -2.43. The van der Waals surface area contributed by atoms with Crippen LogP contribution in [0.25, 0.3) is 10.9 Å². The Hall–Kier alpha value is -3.54. The van der Waals surface area contributed by atoms with E-state index in [1.807, 2.05) is 22.9 Å². The van der Waals surface area contributed by atoms with E-state index in [0.29, 0.717) is 72.6 Å². The third kappa shape index (κ3) is 4.87. The molecule has 1 aliphatic carbocycles. The number of nitrogens with zero attached hydrogens (tertiary/aromatic N) is 3. The molecule has 4 atom stereocenters. The average Bonchev–Trinajstić information content (AvgIpc) is 3.74. The molecule has 9 nitrogen and oxygen atoms in total. The Morgan fingerprint density at radius 1 is 1.12 bits per heavy atom. The summed E-state index contributed by atoms with van der Waals surface area (Å²) in [6.07, 6.45) is 3.96. The summed E-state index contributed by atoms with van der Waals surface area (Å²) in [4.78, 5) is 30.0. The molecule has 4 aliphatic rings. The van der Waals surface area contributed by atoms with Gasteiger partial charge < -0.3 is 20.1 Å². The summed E-state index contributed by atoms with van der Waals surface area (Å²) < 4.78 is 28.7. The summed E-state index contributed by atoms with van der Waals surface area (Å²) in [5, 5.41) is 12.6. The van der Waals surface area contributed by atoms with Gasteiger partial charge in [-0.3, -0.25) is 19.2 Å². The number of halogens is 3. The number of hydrogen-bond acceptors (Lipinski definition) is 6. The molecule has 48 heavy (non-hydrogen) atoms. The fourth-order valence-electron chi connectivity index (χ4n) is 8.45. The monoisotopic (exact) mass is 691 g/mol. The van der Waals surface area contributed by atoms with Crippen LogP contribution < -0.4 is 10.6 Å². The minimum atomic E-state index is -1.21. The molecule has 250 valence electrons. The molecule has 1 saturated heterocycles. The van der Waals surface area contributed by atoms with Crippen LogP contribution in [0.15, 0.2) is 54.6 Å². The van der Waals surface area contributed by atoms with Gasteiger partial charge in [0.05, 0.1) is 36.4 Å². The standard InChI is InChI=1S/C36H36Cl2FN5O4/c1-47-14-15-48-13-12-40-34(45)21-8-10-23-27(16-21)42-44-29(23)18-30-33(44)31(24-6-3-7-26(38)32(24)39)36(43(30)19-20-4-2-5-20)25-11-9-22(37)17-28(25)41-35(36)46/h3,6-11,16-17,20,30-31,33H,2,4-5,12-15,18-19H2,1H3,(H,40,45)(H,41,46)/t30-,31-,33+,36+/m0/s1. The molecule has 0 unspecified atom stereocenters. The van der Waals surface area contributed by atoms with Crippen LogP contribution in [0.1, 0.15) is 58.4 Å². The quantitative estimate of drug-likeness (QED) is 0.196. The molecule has 2 N–H and O–H groups in total. The minimum Gasteiger partial charge on any atom is -0.382 e. The molecule has 1 aromatic heterocycles. The number of likely N-dealkylation sites (tertiary alicyclic amines) is 1. The zero-order chi connectivity index (χ0) is 33.2. The second-order valence-corrected chi connectivity index (χ2v) is 14.1. The third-order valence-electron chi connectivity index (χ3n) is 10.7. The van der Waals surface area contributed by atoms with Crippen molar-refractivity contribution in [1.29, 1.82) is 0 Å². The van der Waals surface area contributed by atoms with Crippen molar-refractivity contribution in [3.63, 3.8) is 0 Å². The van der Waals surface area contributed by atoms with E-state index in [9.17, 15) is 9.59 Å². The van der Waals surface area contributed by atoms with Gasteiger partial charge >= 0.3 is 0 Å². The van der Waals surface area contributed by atoms with Gasteiger partial charge in [0.25, 0.3) is 5.91 Å². The Kier molecular flexibility index (Phi) is 8.20. The number of hydrogen-bond donors (Lipinski definition) is 2. The summed E-state index contributed by atoms with van der Waals surface area (Å²) in [6.45, 7) is 2.40. The Balaban J connectivity index is 1.23. The number of anilines is 1. The van der Waals surface area contributed by atoms with Gasteiger partial charge in [-0.25, -0.2) is 4.39 Å². The van der Waals surface area contributed by atoms with E-state index in [1.54, 1.807) is 37.4 Å². The van der Waals surface area contributed by atoms with E-state index >= 15 is 4.39 Å². The Bertz CT molecular complexity index is 1930. The molecular formula is C36H36Cl2FN5O4. The first-order valence-electron chi connectivity index (χ1n) is 16.5. The van der Waals surface area contributed by atoms with E-state index in [2.05, 4.69) is 15.5 Å². The van der Waals surface area contributed by atoms with Crippen molar-refractivity contribution in [3.8, 4) is 0 Å². The largest absolute Gasteiger partial charge is 0.382 e. The van der Waals surface area contributed by atoms with Crippen LogP contribution in [0, 0.1) is 11.7 Å². The van der Waals surface area contributed by atoms with Crippen LogP contribution in [0.4, 0.5) is 10.1 Å². The van der Waals surface area contributed by atoms with Crippen molar-refractivity contribution < 1.29 is 23.5 Å². The topological polar surface area (TPSA) is 97.7 Å². The highest BCUT2D eigenvalue weighted by Gasteiger charge is 2.69. The predicted octanol–water partition coefficient (Wildman–Crippen LogP) is 6.09.